The minimum absolute atomic E-state index is 0.157. The van der Waals surface area contributed by atoms with Crippen molar-refractivity contribution in [3.63, 3.8) is 0 Å². The van der Waals surface area contributed by atoms with E-state index in [1.54, 1.807) is 36.4 Å². The second-order valence-electron chi connectivity index (χ2n) is 30.7. The monoisotopic (exact) mass is 1450 g/mol. The molecule has 0 spiro atoms. The van der Waals surface area contributed by atoms with E-state index in [1.807, 2.05) is 54.6 Å². The average molecular weight is 1460 g/mol. The molecule has 4 heterocycles. The first-order valence-corrected chi connectivity index (χ1v) is 45.5. The average Bonchev–Trinajstić information content (AvgIpc) is 1.54. The summed E-state index contributed by atoms with van der Waals surface area (Å²) in [5.41, 5.74) is 20.3. The number of piperidine rings is 1. The van der Waals surface area contributed by atoms with Crippen LogP contribution < -0.4 is 15.3 Å². The van der Waals surface area contributed by atoms with Crippen molar-refractivity contribution in [2.75, 3.05) is 116 Å². The lowest BCUT2D eigenvalue weighted by molar-refractivity contribution is 0.171. The molecule has 106 heavy (non-hydrogen) atoms. The van der Waals surface area contributed by atoms with Crippen LogP contribution in [-0.4, -0.2) is 178 Å². The highest BCUT2D eigenvalue weighted by Gasteiger charge is 2.31. The summed E-state index contributed by atoms with van der Waals surface area (Å²) in [5.74, 6) is 0.805. The number of fused-ring (bicyclic) bond motifs is 1. The van der Waals surface area contributed by atoms with Crippen LogP contribution in [0.25, 0.3) is 33.4 Å². The van der Waals surface area contributed by atoms with Crippen molar-refractivity contribution in [3.05, 3.63) is 286 Å². The van der Waals surface area contributed by atoms with Gasteiger partial charge in [-0.3, -0.25) is 0 Å². The number of aliphatic hydroxyl groups excluding tert-OH is 3. The van der Waals surface area contributed by atoms with Crippen LogP contribution in [0, 0.1) is 0 Å². The van der Waals surface area contributed by atoms with Crippen LogP contribution in [0.5, 0.6) is 17.2 Å². The van der Waals surface area contributed by atoms with Crippen LogP contribution >= 0.6 is 0 Å². The number of likely N-dealkylation sites (N-methyl/N-ethyl adjacent to an activating group) is 1. The van der Waals surface area contributed by atoms with Crippen LogP contribution in [0.1, 0.15) is 126 Å². The molecule has 0 aliphatic carbocycles. The Bertz CT molecular complexity index is 4260. The summed E-state index contributed by atoms with van der Waals surface area (Å²) in [4.78, 5) is 12.9. The lowest BCUT2D eigenvalue weighted by atomic mass is 9.86. The number of benzene rings is 9. The number of anilines is 1. The molecule has 9 aromatic rings. The molecule has 3 saturated heterocycles. The zero-order chi connectivity index (χ0) is 74.3. The van der Waals surface area contributed by atoms with Crippen molar-refractivity contribution in [1.82, 2.24) is 19.6 Å². The molecule has 0 aromatic heterocycles. The summed E-state index contributed by atoms with van der Waals surface area (Å²) in [6, 6.07) is 79.4. The van der Waals surface area contributed by atoms with Crippen LogP contribution in [-0.2, 0) is 6.42 Å². The largest absolute Gasteiger partial charge is 0.508 e. The Balaban J connectivity index is 0.000000159. The highest BCUT2D eigenvalue weighted by atomic mass is 28.3. The van der Waals surface area contributed by atoms with Crippen molar-refractivity contribution in [2.45, 2.75) is 103 Å². The predicted octanol–water partition coefficient (Wildman–Crippen LogP) is 16.5. The number of piperazine rings is 1. The molecule has 13 rings (SSSR count). The van der Waals surface area contributed by atoms with Crippen LogP contribution in [0.4, 0.5) is 5.69 Å². The Labute approximate surface area is 634 Å². The van der Waals surface area contributed by atoms with Crippen molar-refractivity contribution in [1.29, 1.82) is 0 Å². The highest BCUT2D eigenvalue weighted by Crippen LogP contribution is 2.41. The van der Waals surface area contributed by atoms with Crippen molar-refractivity contribution >= 4 is 65.6 Å². The Morgan fingerprint density at radius 1 is 0.330 bits per heavy atom. The molecule has 0 amide bonds. The fourth-order valence-electron chi connectivity index (χ4n) is 16.1. The second kappa shape index (κ2) is 38.9. The number of likely N-dealkylation sites (tertiary alicyclic amines) is 2. The first-order chi connectivity index (χ1) is 51.6. The quantitative estimate of drug-likeness (QED) is 0.0217. The molecule has 0 unspecified atom stereocenters. The van der Waals surface area contributed by atoms with Crippen molar-refractivity contribution in [2.24, 2.45) is 0 Å². The van der Waals surface area contributed by atoms with Crippen LogP contribution in [0.3, 0.4) is 0 Å². The van der Waals surface area contributed by atoms with Gasteiger partial charge in [-0.1, -0.05) is 225 Å². The number of allylic oxidation sites excluding steroid dienone is 3. The van der Waals surface area contributed by atoms with Gasteiger partial charge < -0.3 is 55.1 Å². The molecule has 4 aliphatic rings. The first-order valence-electron chi connectivity index (χ1n) is 39.1. The van der Waals surface area contributed by atoms with E-state index in [0.717, 1.165) is 88.2 Å². The normalized spacial score (nSPS) is 16.1. The fourth-order valence-corrected chi connectivity index (χ4v) is 21.5. The number of nitrogens with zero attached hydrogens (tertiary/aromatic N) is 5. The third-order valence-corrected chi connectivity index (χ3v) is 28.2. The van der Waals surface area contributed by atoms with Gasteiger partial charge in [0.15, 0.2) is 0 Å². The number of aliphatic hydroxyl groups is 3. The van der Waals surface area contributed by atoms with Crippen molar-refractivity contribution < 1.29 is 30.6 Å². The Morgan fingerprint density at radius 2 is 0.660 bits per heavy atom. The van der Waals surface area contributed by atoms with Crippen LogP contribution in [0.2, 0.25) is 26.2 Å². The number of aromatic hydroxyl groups is 3. The van der Waals surface area contributed by atoms with Crippen LogP contribution in [0.15, 0.2) is 231 Å². The Morgan fingerprint density at radius 3 is 1.04 bits per heavy atom. The first kappa shape index (κ1) is 78.6. The minimum atomic E-state index is -1.62. The van der Waals surface area contributed by atoms with Crippen molar-refractivity contribution in [3.8, 4) is 17.2 Å². The number of phenols is 3. The van der Waals surface area contributed by atoms with E-state index in [0.29, 0.717) is 19.3 Å². The molecule has 4 aliphatic heterocycles. The molecule has 556 valence electrons. The Kier molecular flexibility index (Phi) is 28.8. The number of rotatable bonds is 27. The molecule has 13 heteroatoms. The smallest absolute Gasteiger partial charge is 0.115 e. The third-order valence-electron chi connectivity index (χ3n) is 21.9. The predicted molar refractivity (Wildman–Crippen MR) is 450 cm³/mol. The molecular weight excluding hydrogens is 1340 g/mol. The SMILES string of the molecule is CN1CCN(C[Si](C)(C)c2ccc(/C(=C(/CCCO)c3ccccc3)c3ccc(O)cc3)cc2)CC1.C[Si](C)(CN1CCCCC1)c1ccc(/C(=C(/CCCO)c2ccccc2)c2ccc(O)cc2)cc1.OCCC/C(=C(\c1ccc(O)cc1)c1ccc2c(c1)CCN2CCN1CCCC1)c1ccccc1. The maximum Gasteiger partial charge on any atom is 0.115 e. The zero-order valence-electron chi connectivity index (χ0n) is 63.7. The molecular formula is C93H115N5O6Si2. The standard InChI is InChI=1S/C31H40N2O2Si.C31H36N2O2.C31H39NO2Si/c1-32-19-21-33(22-20-32)24-36(2,3)29-17-13-27(14-18-29)31(26-11-15-28(35)16-12-26)30(10-7-23-34)25-8-5-4-6-9-25;34-22-6-9-29(24-7-2-1-3-8-24)31(25-10-13-28(35)14-11-25)27-12-15-30-26(23-27)16-19-33(30)21-20-32-17-4-5-18-32;1-35(2,24-32-21-7-4-8-22-32)29-19-15-27(16-20-29)31(26-13-17-28(34)18-14-26)30(12-9-23-33)25-10-5-3-6-11-25/h4-6,8-9,11-18,34-35H,7,10,19-24H2,1-3H3;1-3,7-8,10-15,23,34-35H,4-6,9,16-22H2;3,5-6,10-11,13-20,33-34H,4,7-9,12,21-24H2,1-2H3/b31-30-;31-29-;31-30-. The van der Waals surface area contributed by atoms with Gasteiger partial charge >= 0.3 is 0 Å². The fraction of sp³-hybridized carbons (Fsp3) is 0.355. The molecule has 0 bridgehead atoms. The van der Waals surface area contributed by atoms with Gasteiger partial charge in [0.05, 0.1) is 16.1 Å². The highest BCUT2D eigenvalue weighted by molar-refractivity contribution is 6.90. The van der Waals surface area contributed by atoms with E-state index < -0.39 is 16.1 Å². The van der Waals surface area contributed by atoms with E-state index in [9.17, 15) is 30.6 Å². The second-order valence-corrected chi connectivity index (χ2v) is 40.1. The zero-order valence-corrected chi connectivity index (χ0v) is 65.7. The van der Waals surface area contributed by atoms with Gasteiger partial charge in [-0.25, -0.2) is 0 Å². The molecule has 3 fully saturated rings. The van der Waals surface area contributed by atoms with Gasteiger partial charge in [0.1, 0.15) is 17.2 Å². The molecule has 9 aromatic carbocycles. The summed E-state index contributed by atoms with van der Waals surface area (Å²) in [7, 11) is -0.989. The Hall–Kier alpha value is -8.45. The topological polar surface area (TPSA) is 138 Å². The van der Waals surface area contributed by atoms with E-state index in [-0.39, 0.29) is 37.1 Å². The van der Waals surface area contributed by atoms with Gasteiger partial charge in [-0.05, 0) is 254 Å². The maximum atomic E-state index is 9.93. The maximum absolute atomic E-state index is 9.93. The molecule has 11 nitrogen and oxygen atoms in total. The number of hydrogen-bond donors (Lipinski definition) is 6. The summed E-state index contributed by atoms with van der Waals surface area (Å²) in [5, 5.41) is 61.7. The van der Waals surface area contributed by atoms with E-state index in [2.05, 4.69) is 197 Å². The molecule has 6 N–H and O–H groups in total. The summed E-state index contributed by atoms with van der Waals surface area (Å²) in [6.45, 7) is 23.4. The summed E-state index contributed by atoms with van der Waals surface area (Å²) < 4.78 is 0. The van der Waals surface area contributed by atoms with E-state index in [4.69, 9.17) is 0 Å². The molecule has 0 radical (unpaired) electrons. The molecule has 0 saturated carbocycles. The lowest BCUT2D eigenvalue weighted by Crippen LogP contribution is -2.56. The minimum Gasteiger partial charge on any atom is -0.508 e. The van der Waals surface area contributed by atoms with Gasteiger partial charge in [0.2, 0.25) is 0 Å². The van der Waals surface area contributed by atoms with Gasteiger partial charge in [0.25, 0.3) is 0 Å². The van der Waals surface area contributed by atoms with E-state index >= 15 is 0 Å². The number of phenolic OH excluding ortho intramolecular Hbond substituents is 3. The summed E-state index contributed by atoms with van der Waals surface area (Å²) >= 11 is 0. The summed E-state index contributed by atoms with van der Waals surface area (Å²) in [6.07, 6.45) is 14.7. The third kappa shape index (κ3) is 21.5. The van der Waals surface area contributed by atoms with Gasteiger partial charge in [-0.2, -0.15) is 0 Å². The van der Waals surface area contributed by atoms with E-state index in [1.165, 1.54) is 159 Å². The lowest BCUT2D eigenvalue weighted by Gasteiger charge is -2.37. The van der Waals surface area contributed by atoms with Gasteiger partial charge in [0, 0.05) is 71.3 Å². The number of hydrogen-bond acceptors (Lipinski definition) is 11. The van der Waals surface area contributed by atoms with Gasteiger partial charge in [-0.15, -0.1) is 0 Å². The molecule has 0 atom stereocenters.